The molecule has 0 unspecified atom stereocenters. The Kier molecular flexibility index (Phi) is 3.62. The third kappa shape index (κ3) is 2.86. The monoisotopic (exact) mass is 276 g/mol. The van der Waals surface area contributed by atoms with E-state index in [9.17, 15) is 0 Å². The van der Waals surface area contributed by atoms with Crippen molar-refractivity contribution in [1.82, 2.24) is 0 Å². The van der Waals surface area contributed by atoms with Gasteiger partial charge in [0.1, 0.15) is 12.4 Å². The summed E-state index contributed by atoms with van der Waals surface area (Å²) in [6.07, 6.45) is 0. The fourth-order valence-electron chi connectivity index (χ4n) is 1.45. The molecule has 2 aromatic carbocycles. The summed E-state index contributed by atoms with van der Waals surface area (Å²) >= 11 is 3.47. The van der Waals surface area contributed by atoms with Crippen LogP contribution in [0.4, 0.5) is 0 Å². The molecule has 2 rings (SSSR count). The van der Waals surface area contributed by atoms with Crippen molar-refractivity contribution < 1.29 is 4.74 Å². The second kappa shape index (κ2) is 5.17. The van der Waals surface area contributed by atoms with E-state index in [4.69, 9.17) is 4.74 Å². The van der Waals surface area contributed by atoms with Gasteiger partial charge in [-0.15, -0.1) is 0 Å². The molecular weight excluding hydrogens is 264 g/mol. The van der Waals surface area contributed by atoms with Gasteiger partial charge in [0.25, 0.3) is 0 Å². The molecule has 0 amide bonds. The predicted molar refractivity (Wildman–Crippen MR) is 69.7 cm³/mol. The molecule has 0 aliphatic rings. The van der Waals surface area contributed by atoms with Crippen molar-refractivity contribution >= 4 is 15.9 Å². The lowest BCUT2D eigenvalue weighted by molar-refractivity contribution is 0.306. The van der Waals surface area contributed by atoms with Gasteiger partial charge in [0.15, 0.2) is 0 Å². The summed E-state index contributed by atoms with van der Waals surface area (Å²) in [5, 5.41) is 0. The van der Waals surface area contributed by atoms with Crippen molar-refractivity contribution in [2.75, 3.05) is 0 Å². The van der Waals surface area contributed by atoms with E-state index >= 15 is 0 Å². The van der Waals surface area contributed by atoms with Crippen molar-refractivity contribution in [2.45, 2.75) is 13.5 Å². The van der Waals surface area contributed by atoms with Gasteiger partial charge in [-0.05, 0) is 36.2 Å². The number of hydrogen-bond acceptors (Lipinski definition) is 1. The van der Waals surface area contributed by atoms with Gasteiger partial charge < -0.3 is 4.74 Å². The molecule has 2 heteroatoms. The highest BCUT2D eigenvalue weighted by Gasteiger charge is 1.98. The molecular formula is C14H13BrO. The fraction of sp³-hybridized carbons (Fsp3) is 0.143. The zero-order valence-electron chi connectivity index (χ0n) is 9.11. The Balaban J connectivity index is 2.03. The Labute approximate surface area is 104 Å². The second-order valence-electron chi connectivity index (χ2n) is 3.69. The standard InChI is InChI=1S/C14H13BrO/c1-11-9-13(7-8-14(11)15)16-10-12-5-3-2-4-6-12/h2-9H,10H2,1H3. The lowest BCUT2D eigenvalue weighted by Gasteiger charge is -2.07. The van der Waals surface area contributed by atoms with E-state index < -0.39 is 0 Å². The maximum absolute atomic E-state index is 5.71. The molecule has 0 atom stereocenters. The molecule has 0 aliphatic carbocycles. The van der Waals surface area contributed by atoms with Crippen molar-refractivity contribution in [2.24, 2.45) is 0 Å². The van der Waals surface area contributed by atoms with Crippen LogP contribution in [-0.2, 0) is 6.61 Å². The number of benzene rings is 2. The van der Waals surface area contributed by atoms with Crippen LogP contribution in [0.2, 0.25) is 0 Å². The normalized spacial score (nSPS) is 10.1. The van der Waals surface area contributed by atoms with Gasteiger partial charge in [-0.3, -0.25) is 0 Å². The van der Waals surface area contributed by atoms with Crippen LogP contribution in [0.5, 0.6) is 5.75 Å². The number of rotatable bonds is 3. The van der Waals surface area contributed by atoms with Gasteiger partial charge in [-0.1, -0.05) is 46.3 Å². The van der Waals surface area contributed by atoms with Gasteiger partial charge >= 0.3 is 0 Å². The molecule has 0 aliphatic heterocycles. The summed E-state index contributed by atoms with van der Waals surface area (Å²) < 4.78 is 6.82. The van der Waals surface area contributed by atoms with Crippen LogP contribution in [0.15, 0.2) is 53.0 Å². The second-order valence-corrected chi connectivity index (χ2v) is 4.54. The summed E-state index contributed by atoms with van der Waals surface area (Å²) in [5.74, 6) is 0.907. The summed E-state index contributed by atoms with van der Waals surface area (Å²) in [5.41, 5.74) is 2.37. The molecule has 0 N–H and O–H groups in total. The molecule has 0 saturated heterocycles. The van der Waals surface area contributed by atoms with E-state index in [0.717, 1.165) is 10.2 Å². The molecule has 82 valence electrons. The maximum atomic E-state index is 5.71. The Morgan fingerprint density at radius 1 is 1.06 bits per heavy atom. The van der Waals surface area contributed by atoms with Crippen LogP contribution < -0.4 is 4.74 Å². The van der Waals surface area contributed by atoms with E-state index in [0.29, 0.717) is 6.61 Å². The first-order valence-corrected chi connectivity index (χ1v) is 5.98. The smallest absolute Gasteiger partial charge is 0.120 e. The first-order chi connectivity index (χ1) is 7.75. The van der Waals surface area contributed by atoms with Gasteiger partial charge in [-0.25, -0.2) is 0 Å². The number of hydrogen-bond donors (Lipinski definition) is 0. The minimum atomic E-state index is 0.613. The molecule has 1 nitrogen and oxygen atoms in total. The van der Waals surface area contributed by atoms with Gasteiger partial charge in [-0.2, -0.15) is 0 Å². The van der Waals surface area contributed by atoms with Crippen LogP contribution >= 0.6 is 15.9 Å². The molecule has 16 heavy (non-hydrogen) atoms. The summed E-state index contributed by atoms with van der Waals surface area (Å²) in [6.45, 7) is 2.67. The summed E-state index contributed by atoms with van der Waals surface area (Å²) in [6, 6.07) is 16.2. The Hall–Kier alpha value is -1.28. The zero-order valence-corrected chi connectivity index (χ0v) is 10.7. The molecule has 2 aromatic rings. The van der Waals surface area contributed by atoms with Gasteiger partial charge in [0, 0.05) is 4.47 Å². The molecule has 0 fully saturated rings. The largest absolute Gasteiger partial charge is 0.489 e. The van der Waals surface area contributed by atoms with Crippen molar-refractivity contribution in [3.8, 4) is 5.75 Å². The van der Waals surface area contributed by atoms with Crippen molar-refractivity contribution in [1.29, 1.82) is 0 Å². The average Bonchev–Trinajstić information content (AvgIpc) is 2.32. The number of ether oxygens (including phenoxy) is 1. The molecule has 0 bridgehead atoms. The van der Waals surface area contributed by atoms with Crippen LogP contribution in [0.3, 0.4) is 0 Å². The highest BCUT2D eigenvalue weighted by Crippen LogP contribution is 2.22. The van der Waals surface area contributed by atoms with Crippen LogP contribution in [-0.4, -0.2) is 0 Å². The van der Waals surface area contributed by atoms with Crippen molar-refractivity contribution in [3.05, 3.63) is 64.1 Å². The molecule has 0 spiro atoms. The molecule has 0 aromatic heterocycles. The first kappa shape index (κ1) is 11.2. The van der Waals surface area contributed by atoms with Crippen LogP contribution in [0.1, 0.15) is 11.1 Å². The maximum Gasteiger partial charge on any atom is 0.120 e. The van der Waals surface area contributed by atoms with E-state index in [-0.39, 0.29) is 0 Å². The van der Waals surface area contributed by atoms with Crippen LogP contribution in [0, 0.1) is 6.92 Å². The van der Waals surface area contributed by atoms with Gasteiger partial charge in [0.05, 0.1) is 0 Å². The average molecular weight is 277 g/mol. The highest BCUT2D eigenvalue weighted by atomic mass is 79.9. The van der Waals surface area contributed by atoms with Crippen molar-refractivity contribution in [3.63, 3.8) is 0 Å². The fourth-order valence-corrected chi connectivity index (χ4v) is 1.69. The summed E-state index contributed by atoms with van der Waals surface area (Å²) in [4.78, 5) is 0. The lowest BCUT2D eigenvalue weighted by atomic mass is 10.2. The topological polar surface area (TPSA) is 9.23 Å². The third-order valence-electron chi connectivity index (χ3n) is 2.38. The summed E-state index contributed by atoms with van der Waals surface area (Å²) in [7, 11) is 0. The zero-order chi connectivity index (χ0) is 11.4. The van der Waals surface area contributed by atoms with E-state index in [1.807, 2.05) is 36.4 Å². The Morgan fingerprint density at radius 3 is 2.50 bits per heavy atom. The van der Waals surface area contributed by atoms with Gasteiger partial charge in [0.2, 0.25) is 0 Å². The van der Waals surface area contributed by atoms with E-state index in [1.165, 1.54) is 11.1 Å². The van der Waals surface area contributed by atoms with E-state index in [1.54, 1.807) is 0 Å². The number of halogens is 1. The third-order valence-corrected chi connectivity index (χ3v) is 3.27. The predicted octanol–water partition coefficient (Wildman–Crippen LogP) is 4.34. The number of aryl methyl sites for hydroxylation is 1. The van der Waals surface area contributed by atoms with E-state index in [2.05, 4.69) is 35.0 Å². The molecule has 0 radical (unpaired) electrons. The molecule has 0 heterocycles. The Bertz CT molecular complexity index is 465. The first-order valence-electron chi connectivity index (χ1n) is 5.18. The minimum Gasteiger partial charge on any atom is -0.489 e. The SMILES string of the molecule is Cc1cc(OCc2ccccc2)ccc1Br. The highest BCUT2D eigenvalue weighted by molar-refractivity contribution is 9.10. The lowest BCUT2D eigenvalue weighted by Crippen LogP contribution is -1.95. The molecule has 0 saturated carbocycles. The quantitative estimate of drug-likeness (QED) is 0.811. The Morgan fingerprint density at radius 2 is 1.81 bits per heavy atom. The minimum absolute atomic E-state index is 0.613. The van der Waals surface area contributed by atoms with Crippen LogP contribution in [0.25, 0.3) is 0 Å².